The van der Waals surface area contributed by atoms with E-state index in [1.807, 2.05) is 0 Å². The molecule has 0 atom stereocenters. The van der Waals surface area contributed by atoms with E-state index < -0.39 is 0 Å². The summed E-state index contributed by atoms with van der Waals surface area (Å²) < 4.78 is 0. The normalized spacial score (nSPS) is 30.5. The number of hydrogen-bond acceptors (Lipinski definition) is 2. The van der Waals surface area contributed by atoms with Gasteiger partial charge in [0.25, 0.3) is 0 Å². The molecular weight excluding hydrogens is 178 g/mol. The van der Waals surface area contributed by atoms with E-state index in [2.05, 4.69) is 32.5 Å². The van der Waals surface area contributed by atoms with Gasteiger partial charge in [-0.1, -0.05) is 6.92 Å². The predicted molar refractivity (Wildman–Crippen MR) is 62.1 cm³/mol. The van der Waals surface area contributed by atoms with Crippen molar-refractivity contribution in [3.8, 4) is 0 Å². The topological polar surface area (TPSA) is 26.0 Å². The van der Waals surface area contributed by atoms with Gasteiger partial charge in [-0.05, 0) is 45.4 Å². The lowest BCUT2D eigenvalue weighted by Gasteiger charge is -2.28. The molecule has 13 heavy (non-hydrogen) atoms. The minimum atomic E-state index is 0.00767. The molecule has 0 aliphatic heterocycles. The van der Waals surface area contributed by atoms with Gasteiger partial charge < -0.3 is 5.73 Å². The zero-order chi connectivity index (χ0) is 9.90. The van der Waals surface area contributed by atoms with Crippen LogP contribution >= 0.6 is 11.8 Å². The second-order valence-electron chi connectivity index (χ2n) is 5.18. The van der Waals surface area contributed by atoms with Crippen LogP contribution < -0.4 is 5.73 Å². The van der Waals surface area contributed by atoms with E-state index >= 15 is 0 Å². The van der Waals surface area contributed by atoms with Crippen LogP contribution in [0.15, 0.2) is 0 Å². The third-order valence-corrected chi connectivity index (χ3v) is 4.51. The monoisotopic (exact) mass is 201 g/mol. The smallest absolute Gasteiger partial charge is 0.0188 e. The van der Waals surface area contributed by atoms with Crippen LogP contribution in [0.2, 0.25) is 0 Å². The summed E-state index contributed by atoms with van der Waals surface area (Å²) in [6.07, 6.45) is 5.65. The highest BCUT2D eigenvalue weighted by atomic mass is 32.2. The fourth-order valence-electron chi connectivity index (χ4n) is 1.73. The van der Waals surface area contributed by atoms with Crippen LogP contribution in [0.3, 0.4) is 0 Å². The predicted octanol–water partition coefficient (Wildman–Crippen LogP) is 3.04. The molecule has 2 N–H and O–H groups in total. The van der Waals surface area contributed by atoms with Crippen LogP contribution in [-0.2, 0) is 0 Å². The Morgan fingerprint density at radius 2 is 1.77 bits per heavy atom. The van der Waals surface area contributed by atoms with E-state index in [-0.39, 0.29) is 5.54 Å². The van der Waals surface area contributed by atoms with Crippen LogP contribution in [0.25, 0.3) is 0 Å². The second-order valence-corrected chi connectivity index (χ2v) is 6.47. The molecule has 0 bridgehead atoms. The lowest BCUT2D eigenvalue weighted by atomic mass is 9.91. The third kappa shape index (κ3) is 4.92. The van der Waals surface area contributed by atoms with Crippen molar-refractivity contribution in [1.29, 1.82) is 0 Å². The van der Waals surface area contributed by atoms with Crippen molar-refractivity contribution in [2.24, 2.45) is 11.7 Å². The Kier molecular flexibility index (Phi) is 4.11. The molecule has 1 aliphatic rings. The minimum absolute atomic E-state index is 0.00767. The van der Waals surface area contributed by atoms with Gasteiger partial charge in [-0.3, -0.25) is 0 Å². The number of thioether (sulfide) groups is 1. The van der Waals surface area contributed by atoms with Gasteiger partial charge >= 0.3 is 0 Å². The third-order valence-electron chi connectivity index (χ3n) is 2.65. The zero-order valence-corrected chi connectivity index (χ0v) is 9.99. The first-order valence-electron chi connectivity index (χ1n) is 5.38. The van der Waals surface area contributed by atoms with Crippen molar-refractivity contribution in [3.63, 3.8) is 0 Å². The van der Waals surface area contributed by atoms with Gasteiger partial charge in [0.1, 0.15) is 0 Å². The van der Waals surface area contributed by atoms with Crippen LogP contribution in [0.5, 0.6) is 0 Å². The fraction of sp³-hybridized carbons (Fsp3) is 1.00. The Balaban J connectivity index is 2.16. The standard InChI is InChI=1S/C11H23NS/c1-9-4-6-10(7-5-9)13-8-11(2,3)12/h9-10H,4-8,12H2,1-3H3. The fourth-order valence-corrected chi connectivity index (χ4v) is 3.00. The van der Waals surface area contributed by atoms with Crippen molar-refractivity contribution in [3.05, 3.63) is 0 Å². The number of rotatable bonds is 3. The molecular formula is C11H23NS. The van der Waals surface area contributed by atoms with Gasteiger partial charge in [0, 0.05) is 16.5 Å². The summed E-state index contributed by atoms with van der Waals surface area (Å²) in [6, 6.07) is 0. The largest absolute Gasteiger partial charge is 0.325 e. The van der Waals surface area contributed by atoms with Gasteiger partial charge in [0.05, 0.1) is 0 Å². The van der Waals surface area contributed by atoms with Crippen LogP contribution in [0.1, 0.15) is 46.5 Å². The molecule has 0 aromatic heterocycles. The van der Waals surface area contributed by atoms with Crippen LogP contribution in [0.4, 0.5) is 0 Å². The van der Waals surface area contributed by atoms with E-state index in [4.69, 9.17) is 5.73 Å². The van der Waals surface area contributed by atoms with Crippen molar-refractivity contribution in [2.45, 2.75) is 57.2 Å². The Labute approximate surface area is 86.8 Å². The van der Waals surface area contributed by atoms with Crippen molar-refractivity contribution in [1.82, 2.24) is 0 Å². The Morgan fingerprint density at radius 3 is 2.23 bits per heavy atom. The zero-order valence-electron chi connectivity index (χ0n) is 9.18. The van der Waals surface area contributed by atoms with Gasteiger partial charge in [-0.15, -0.1) is 0 Å². The molecule has 1 nitrogen and oxygen atoms in total. The average molecular weight is 201 g/mol. The SMILES string of the molecule is CC1CCC(SCC(C)(C)N)CC1. The molecule has 78 valence electrons. The van der Waals surface area contributed by atoms with Crippen LogP contribution in [-0.4, -0.2) is 16.5 Å². The summed E-state index contributed by atoms with van der Waals surface area (Å²) in [5, 5.41) is 0.888. The molecule has 0 radical (unpaired) electrons. The van der Waals surface area contributed by atoms with Gasteiger partial charge in [-0.25, -0.2) is 0 Å². The summed E-state index contributed by atoms with van der Waals surface area (Å²) in [5.41, 5.74) is 5.97. The highest BCUT2D eigenvalue weighted by Gasteiger charge is 2.20. The molecule has 0 spiro atoms. The van der Waals surface area contributed by atoms with E-state index in [0.29, 0.717) is 0 Å². The summed E-state index contributed by atoms with van der Waals surface area (Å²) in [5.74, 6) is 2.06. The van der Waals surface area contributed by atoms with E-state index in [0.717, 1.165) is 16.9 Å². The van der Waals surface area contributed by atoms with Gasteiger partial charge in [-0.2, -0.15) is 11.8 Å². The lowest BCUT2D eigenvalue weighted by Crippen LogP contribution is -2.35. The Hall–Kier alpha value is 0.310. The Bertz CT molecular complexity index is 143. The van der Waals surface area contributed by atoms with Crippen molar-refractivity contribution >= 4 is 11.8 Å². The van der Waals surface area contributed by atoms with E-state index in [1.165, 1.54) is 25.7 Å². The van der Waals surface area contributed by atoms with Gasteiger partial charge in [0.15, 0.2) is 0 Å². The minimum Gasteiger partial charge on any atom is -0.325 e. The quantitative estimate of drug-likeness (QED) is 0.759. The average Bonchev–Trinajstić information content (AvgIpc) is 2.02. The molecule has 0 aromatic carbocycles. The summed E-state index contributed by atoms with van der Waals surface area (Å²) in [6.45, 7) is 6.60. The maximum Gasteiger partial charge on any atom is 0.0188 e. The molecule has 0 aromatic rings. The molecule has 0 unspecified atom stereocenters. The molecule has 0 heterocycles. The molecule has 0 saturated heterocycles. The first-order valence-corrected chi connectivity index (χ1v) is 6.43. The van der Waals surface area contributed by atoms with E-state index in [9.17, 15) is 0 Å². The molecule has 2 heteroatoms. The first kappa shape index (κ1) is 11.4. The maximum absolute atomic E-state index is 5.96. The summed E-state index contributed by atoms with van der Waals surface area (Å²) >= 11 is 2.08. The second kappa shape index (κ2) is 4.70. The number of nitrogens with two attached hydrogens (primary N) is 1. The molecule has 1 aliphatic carbocycles. The van der Waals surface area contributed by atoms with Crippen molar-refractivity contribution in [2.75, 3.05) is 5.75 Å². The molecule has 1 fully saturated rings. The van der Waals surface area contributed by atoms with E-state index in [1.54, 1.807) is 0 Å². The summed E-state index contributed by atoms with van der Waals surface area (Å²) in [7, 11) is 0. The molecule has 1 rings (SSSR count). The Morgan fingerprint density at radius 1 is 1.23 bits per heavy atom. The first-order chi connectivity index (χ1) is 5.97. The highest BCUT2D eigenvalue weighted by Crippen LogP contribution is 2.32. The molecule has 0 amide bonds. The highest BCUT2D eigenvalue weighted by molar-refractivity contribution is 7.99. The number of hydrogen-bond donors (Lipinski definition) is 1. The van der Waals surface area contributed by atoms with Gasteiger partial charge in [0.2, 0.25) is 0 Å². The lowest BCUT2D eigenvalue weighted by molar-refractivity contribution is 0.392. The van der Waals surface area contributed by atoms with Crippen molar-refractivity contribution < 1.29 is 0 Å². The summed E-state index contributed by atoms with van der Waals surface area (Å²) in [4.78, 5) is 0. The molecule has 1 saturated carbocycles. The van der Waals surface area contributed by atoms with Crippen LogP contribution in [0, 0.1) is 5.92 Å². The maximum atomic E-state index is 5.96.